The molecule has 2 amide bonds. The highest BCUT2D eigenvalue weighted by Crippen LogP contribution is 2.09. The number of likely N-dealkylation sites (N-methyl/N-ethyl adjacent to an activating group) is 1. The predicted octanol–water partition coefficient (Wildman–Crippen LogP) is 1.21. The average Bonchev–Trinajstić information content (AvgIpc) is 2.50. The van der Waals surface area contributed by atoms with Crippen molar-refractivity contribution in [3.63, 3.8) is 0 Å². The van der Waals surface area contributed by atoms with Crippen molar-refractivity contribution in [3.8, 4) is 0 Å². The van der Waals surface area contributed by atoms with E-state index in [2.05, 4.69) is 10.2 Å². The third-order valence-electron chi connectivity index (χ3n) is 3.81. The molecule has 1 saturated heterocycles. The predicted molar refractivity (Wildman–Crippen MR) is 85.2 cm³/mol. The van der Waals surface area contributed by atoms with Gasteiger partial charge in [0.2, 0.25) is 0 Å². The van der Waals surface area contributed by atoms with Crippen molar-refractivity contribution in [2.75, 3.05) is 53.4 Å². The van der Waals surface area contributed by atoms with E-state index in [4.69, 9.17) is 0 Å². The summed E-state index contributed by atoms with van der Waals surface area (Å²) < 4.78 is 12.9. The lowest BCUT2D eigenvalue weighted by molar-refractivity contribution is 0.135. The Morgan fingerprint density at radius 1 is 1.18 bits per heavy atom. The van der Waals surface area contributed by atoms with Gasteiger partial charge in [-0.25, -0.2) is 9.18 Å². The van der Waals surface area contributed by atoms with E-state index in [9.17, 15) is 9.18 Å². The molecule has 1 fully saturated rings. The Balaban J connectivity index is 1.71. The minimum Gasteiger partial charge on any atom is -0.337 e. The Bertz CT molecular complexity index is 470. The molecule has 0 bridgehead atoms. The summed E-state index contributed by atoms with van der Waals surface area (Å²) in [6, 6.07) is 6.63. The van der Waals surface area contributed by atoms with Crippen LogP contribution in [0.3, 0.4) is 0 Å². The lowest BCUT2D eigenvalue weighted by Gasteiger charge is -2.34. The summed E-state index contributed by atoms with van der Waals surface area (Å²) in [7, 11) is 3.97. The normalized spacial score (nSPS) is 16.1. The van der Waals surface area contributed by atoms with Crippen molar-refractivity contribution >= 4 is 6.03 Å². The van der Waals surface area contributed by atoms with Crippen LogP contribution in [-0.4, -0.2) is 74.1 Å². The fraction of sp³-hybridized carbons (Fsp3) is 0.562. The van der Waals surface area contributed by atoms with Crippen molar-refractivity contribution in [2.45, 2.75) is 6.54 Å². The van der Waals surface area contributed by atoms with Gasteiger partial charge in [0.15, 0.2) is 0 Å². The summed E-state index contributed by atoms with van der Waals surface area (Å²) in [5, 5.41) is 2.94. The van der Waals surface area contributed by atoms with Crippen LogP contribution < -0.4 is 5.32 Å². The van der Waals surface area contributed by atoms with Gasteiger partial charge in [-0.15, -0.1) is 0 Å². The topological polar surface area (TPSA) is 38.8 Å². The minimum atomic E-state index is -0.206. The molecular weight excluding hydrogens is 283 g/mol. The Labute approximate surface area is 131 Å². The molecule has 22 heavy (non-hydrogen) atoms. The van der Waals surface area contributed by atoms with Gasteiger partial charge >= 0.3 is 6.03 Å². The fourth-order valence-electron chi connectivity index (χ4n) is 2.46. The summed E-state index contributed by atoms with van der Waals surface area (Å²) in [6.45, 7) is 5.47. The van der Waals surface area contributed by atoms with E-state index in [0.29, 0.717) is 6.54 Å². The van der Waals surface area contributed by atoms with Crippen LogP contribution in [0.4, 0.5) is 9.18 Å². The molecule has 1 heterocycles. The van der Waals surface area contributed by atoms with Crippen LogP contribution in [0.15, 0.2) is 24.3 Å². The molecular formula is C16H25FN4O. The summed E-state index contributed by atoms with van der Waals surface area (Å²) in [4.78, 5) is 18.2. The Morgan fingerprint density at radius 2 is 1.82 bits per heavy atom. The number of hydrogen-bond donors (Lipinski definition) is 1. The first-order chi connectivity index (χ1) is 10.5. The second kappa shape index (κ2) is 8.10. The minimum absolute atomic E-state index is 0.0169. The standard InChI is InChI=1S/C16H25FN4O/c1-19(2)8-7-18-16(22)21-11-9-20(10-12-21)13-14-3-5-15(17)6-4-14/h3-6H,7-13H2,1-2H3,(H,18,22). The van der Waals surface area contributed by atoms with E-state index >= 15 is 0 Å². The highest BCUT2D eigenvalue weighted by Gasteiger charge is 2.20. The number of amides is 2. The molecule has 1 aliphatic rings. The average molecular weight is 308 g/mol. The number of piperazine rings is 1. The maximum atomic E-state index is 12.9. The summed E-state index contributed by atoms with van der Waals surface area (Å²) >= 11 is 0. The van der Waals surface area contributed by atoms with Gasteiger partial charge in [-0.05, 0) is 31.8 Å². The third kappa shape index (κ3) is 5.27. The molecule has 0 saturated carbocycles. The monoisotopic (exact) mass is 308 g/mol. The Kier molecular flexibility index (Phi) is 6.15. The number of nitrogens with one attached hydrogen (secondary N) is 1. The van der Waals surface area contributed by atoms with Crippen molar-refractivity contribution in [3.05, 3.63) is 35.6 Å². The Hall–Kier alpha value is -1.66. The lowest BCUT2D eigenvalue weighted by Crippen LogP contribution is -2.52. The second-order valence-electron chi connectivity index (χ2n) is 5.92. The number of carbonyl (C=O) groups excluding carboxylic acids is 1. The maximum Gasteiger partial charge on any atom is 0.317 e. The molecule has 0 aromatic heterocycles. The molecule has 0 aliphatic carbocycles. The molecule has 122 valence electrons. The van der Waals surface area contributed by atoms with E-state index in [1.807, 2.05) is 36.0 Å². The quantitative estimate of drug-likeness (QED) is 0.889. The molecule has 1 aromatic rings. The molecule has 0 radical (unpaired) electrons. The maximum absolute atomic E-state index is 12.9. The molecule has 1 aliphatic heterocycles. The number of benzene rings is 1. The van der Waals surface area contributed by atoms with Crippen molar-refractivity contribution < 1.29 is 9.18 Å². The number of carbonyl (C=O) groups is 1. The zero-order chi connectivity index (χ0) is 15.9. The van der Waals surface area contributed by atoms with Crippen LogP contribution in [0.25, 0.3) is 0 Å². The number of rotatable bonds is 5. The fourth-order valence-corrected chi connectivity index (χ4v) is 2.46. The molecule has 0 atom stereocenters. The van der Waals surface area contributed by atoms with Gasteiger partial charge in [-0.3, -0.25) is 4.90 Å². The lowest BCUT2D eigenvalue weighted by atomic mass is 10.2. The van der Waals surface area contributed by atoms with Gasteiger partial charge in [0, 0.05) is 45.8 Å². The van der Waals surface area contributed by atoms with E-state index in [0.717, 1.165) is 44.8 Å². The van der Waals surface area contributed by atoms with Gasteiger partial charge < -0.3 is 15.1 Å². The number of halogens is 1. The summed E-state index contributed by atoms with van der Waals surface area (Å²) in [6.07, 6.45) is 0. The van der Waals surface area contributed by atoms with Gasteiger partial charge in [0.25, 0.3) is 0 Å². The molecule has 6 heteroatoms. The van der Waals surface area contributed by atoms with Gasteiger partial charge in [-0.2, -0.15) is 0 Å². The third-order valence-corrected chi connectivity index (χ3v) is 3.81. The molecule has 2 rings (SSSR count). The van der Waals surface area contributed by atoms with Gasteiger partial charge in [-0.1, -0.05) is 12.1 Å². The van der Waals surface area contributed by atoms with Crippen LogP contribution in [0.2, 0.25) is 0 Å². The number of hydrogen-bond acceptors (Lipinski definition) is 3. The van der Waals surface area contributed by atoms with Crippen LogP contribution in [0.1, 0.15) is 5.56 Å². The second-order valence-corrected chi connectivity index (χ2v) is 5.92. The van der Waals surface area contributed by atoms with E-state index in [1.54, 1.807) is 0 Å². The highest BCUT2D eigenvalue weighted by atomic mass is 19.1. The first kappa shape index (κ1) is 16.7. The van der Waals surface area contributed by atoms with E-state index in [-0.39, 0.29) is 11.8 Å². The van der Waals surface area contributed by atoms with E-state index < -0.39 is 0 Å². The molecule has 0 unspecified atom stereocenters. The van der Waals surface area contributed by atoms with E-state index in [1.165, 1.54) is 12.1 Å². The zero-order valence-corrected chi connectivity index (χ0v) is 13.4. The smallest absolute Gasteiger partial charge is 0.317 e. The highest BCUT2D eigenvalue weighted by molar-refractivity contribution is 5.74. The first-order valence-corrected chi connectivity index (χ1v) is 7.69. The largest absolute Gasteiger partial charge is 0.337 e. The van der Waals surface area contributed by atoms with Crippen LogP contribution in [0.5, 0.6) is 0 Å². The van der Waals surface area contributed by atoms with Crippen molar-refractivity contribution in [1.82, 2.24) is 20.0 Å². The van der Waals surface area contributed by atoms with Crippen LogP contribution in [-0.2, 0) is 6.54 Å². The molecule has 1 aromatic carbocycles. The molecule has 5 nitrogen and oxygen atoms in total. The number of nitrogens with zero attached hydrogens (tertiary/aromatic N) is 3. The molecule has 0 spiro atoms. The van der Waals surface area contributed by atoms with Crippen LogP contribution >= 0.6 is 0 Å². The van der Waals surface area contributed by atoms with Gasteiger partial charge in [0.05, 0.1) is 0 Å². The summed E-state index contributed by atoms with van der Waals surface area (Å²) in [5.41, 5.74) is 1.10. The van der Waals surface area contributed by atoms with Crippen molar-refractivity contribution in [1.29, 1.82) is 0 Å². The van der Waals surface area contributed by atoms with Crippen LogP contribution in [0, 0.1) is 5.82 Å². The zero-order valence-electron chi connectivity index (χ0n) is 13.4. The summed E-state index contributed by atoms with van der Waals surface area (Å²) in [5.74, 6) is -0.206. The van der Waals surface area contributed by atoms with Crippen molar-refractivity contribution in [2.24, 2.45) is 0 Å². The first-order valence-electron chi connectivity index (χ1n) is 7.69. The number of urea groups is 1. The molecule has 1 N–H and O–H groups in total. The SMILES string of the molecule is CN(C)CCNC(=O)N1CCN(Cc2ccc(F)cc2)CC1. The van der Waals surface area contributed by atoms with Gasteiger partial charge in [0.1, 0.15) is 5.82 Å². The Morgan fingerprint density at radius 3 is 2.41 bits per heavy atom.